The lowest BCUT2D eigenvalue weighted by Crippen LogP contribution is -2.38. The Morgan fingerprint density at radius 3 is 2.59 bits per heavy atom. The molecule has 0 atom stereocenters. The second-order valence-corrected chi connectivity index (χ2v) is 6.34. The van der Waals surface area contributed by atoms with Gasteiger partial charge in [0.2, 0.25) is 5.91 Å². The lowest BCUT2D eigenvalue weighted by molar-refractivity contribution is -0.128. The molecule has 1 N–H and O–H groups in total. The van der Waals surface area contributed by atoms with E-state index >= 15 is 0 Å². The molecule has 0 aliphatic rings. The summed E-state index contributed by atoms with van der Waals surface area (Å²) < 4.78 is 1.04. The van der Waals surface area contributed by atoms with Gasteiger partial charge in [-0.2, -0.15) is 5.26 Å². The molecule has 0 aliphatic heterocycles. The number of carbonyl (C=O) groups excluding carboxylic acids is 1. The number of carbonyl (C=O) groups is 1. The summed E-state index contributed by atoms with van der Waals surface area (Å²) in [5.74, 6) is -0.172. The van der Waals surface area contributed by atoms with Gasteiger partial charge in [-0.25, -0.2) is 0 Å². The molecule has 92 valence electrons. The van der Waals surface area contributed by atoms with Crippen molar-refractivity contribution < 1.29 is 4.79 Å². The standard InChI is InChI=1S/C12H15BrN2OS/c1-3-12(4-2,8-14)11(16)15-7-9-5-6-10(13)17-9/h5-6H,3-4,7H2,1-2H3,(H,15,16). The van der Waals surface area contributed by atoms with Crippen molar-refractivity contribution in [2.24, 2.45) is 5.41 Å². The van der Waals surface area contributed by atoms with Gasteiger partial charge >= 0.3 is 0 Å². The third kappa shape index (κ3) is 3.30. The maximum Gasteiger partial charge on any atom is 0.240 e. The number of hydrogen-bond donors (Lipinski definition) is 1. The van der Waals surface area contributed by atoms with E-state index in [1.807, 2.05) is 26.0 Å². The molecule has 3 nitrogen and oxygen atoms in total. The van der Waals surface area contributed by atoms with Crippen LogP contribution >= 0.6 is 27.3 Å². The van der Waals surface area contributed by atoms with Crippen LogP contribution in [0.3, 0.4) is 0 Å². The van der Waals surface area contributed by atoms with Crippen molar-refractivity contribution in [2.75, 3.05) is 0 Å². The van der Waals surface area contributed by atoms with Crippen molar-refractivity contribution in [3.63, 3.8) is 0 Å². The molecule has 1 rings (SSSR count). The lowest BCUT2D eigenvalue weighted by atomic mass is 9.83. The minimum absolute atomic E-state index is 0.172. The summed E-state index contributed by atoms with van der Waals surface area (Å²) >= 11 is 4.96. The zero-order valence-corrected chi connectivity index (χ0v) is 12.3. The Morgan fingerprint density at radius 1 is 1.53 bits per heavy atom. The highest BCUT2D eigenvalue weighted by molar-refractivity contribution is 9.11. The van der Waals surface area contributed by atoms with Crippen molar-refractivity contribution >= 4 is 33.2 Å². The molecule has 0 spiro atoms. The SMILES string of the molecule is CCC(C#N)(CC)C(=O)NCc1ccc(Br)s1. The van der Waals surface area contributed by atoms with E-state index in [1.54, 1.807) is 11.3 Å². The van der Waals surface area contributed by atoms with Crippen LogP contribution in [0, 0.1) is 16.7 Å². The van der Waals surface area contributed by atoms with Crippen LogP contribution in [-0.4, -0.2) is 5.91 Å². The molecule has 1 aromatic heterocycles. The summed E-state index contributed by atoms with van der Waals surface area (Å²) in [5, 5.41) is 12.0. The Kier molecular flexibility index (Phi) is 5.16. The Labute approximate surface area is 114 Å². The number of halogens is 1. The quantitative estimate of drug-likeness (QED) is 0.905. The van der Waals surface area contributed by atoms with Gasteiger partial charge in [0, 0.05) is 4.88 Å². The number of nitrogens with one attached hydrogen (secondary N) is 1. The number of amides is 1. The van der Waals surface area contributed by atoms with E-state index in [2.05, 4.69) is 27.3 Å². The fraction of sp³-hybridized carbons (Fsp3) is 0.500. The molecule has 0 saturated carbocycles. The molecule has 1 heterocycles. The average molecular weight is 315 g/mol. The second-order valence-electron chi connectivity index (χ2n) is 3.79. The van der Waals surface area contributed by atoms with Gasteiger partial charge in [0.25, 0.3) is 0 Å². The van der Waals surface area contributed by atoms with E-state index in [-0.39, 0.29) is 5.91 Å². The molecule has 0 saturated heterocycles. The molecule has 5 heteroatoms. The van der Waals surface area contributed by atoms with Gasteiger partial charge in [-0.1, -0.05) is 13.8 Å². The number of rotatable bonds is 5. The predicted molar refractivity (Wildman–Crippen MR) is 72.5 cm³/mol. The van der Waals surface area contributed by atoms with Crippen LogP contribution in [0.5, 0.6) is 0 Å². The number of hydrogen-bond acceptors (Lipinski definition) is 3. The Hall–Kier alpha value is -0.860. The van der Waals surface area contributed by atoms with Gasteiger partial charge in [0.05, 0.1) is 16.4 Å². The van der Waals surface area contributed by atoms with Crippen LogP contribution in [0.4, 0.5) is 0 Å². The van der Waals surface area contributed by atoms with Crippen molar-refractivity contribution in [1.82, 2.24) is 5.32 Å². The first-order chi connectivity index (χ1) is 8.07. The number of nitriles is 1. The van der Waals surface area contributed by atoms with Crippen LogP contribution in [0.25, 0.3) is 0 Å². The topological polar surface area (TPSA) is 52.9 Å². The number of nitrogens with zero attached hydrogens (tertiary/aromatic N) is 1. The molecule has 1 aromatic rings. The zero-order chi connectivity index (χ0) is 12.9. The molecule has 0 radical (unpaired) electrons. The van der Waals surface area contributed by atoms with Gasteiger partial charge in [-0.05, 0) is 40.9 Å². The summed E-state index contributed by atoms with van der Waals surface area (Å²) in [5.41, 5.74) is -0.880. The van der Waals surface area contributed by atoms with E-state index in [0.717, 1.165) is 8.66 Å². The molecular weight excluding hydrogens is 300 g/mol. The summed E-state index contributed by atoms with van der Waals surface area (Å²) in [6.45, 7) is 4.22. The smallest absolute Gasteiger partial charge is 0.240 e. The maximum absolute atomic E-state index is 12.0. The van der Waals surface area contributed by atoms with Gasteiger partial charge in [0.1, 0.15) is 5.41 Å². The van der Waals surface area contributed by atoms with Crippen LogP contribution < -0.4 is 5.32 Å². The molecule has 0 fully saturated rings. The van der Waals surface area contributed by atoms with Crippen molar-refractivity contribution in [2.45, 2.75) is 33.2 Å². The fourth-order valence-corrected chi connectivity index (χ4v) is 2.99. The predicted octanol–water partition coefficient (Wildman–Crippen LogP) is 3.46. The Bertz CT molecular complexity index is 432. The molecule has 0 bridgehead atoms. The average Bonchev–Trinajstić information content (AvgIpc) is 2.75. The first kappa shape index (κ1) is 14.2. The monoisotopic (exact) mass is 314 g/mol. The maximum atomic E-state index is 12.0. The number of thiophene rings is 1. The highest BCUT2D eigenvalue weighted by Gasteiger charge is 2.34. The normalized spacial score (nSPS) is 10.9. The Balaban J connectivity index is 2.63. The molecule has 0 unspecified atom stereocenters. The van der Waals surface area contributed by atoms with E-state index < -0.39 is 5.41 Å². The van der Waals surface area contributed by atoms with E-state index in [1.165, 1.54) is 0 Å². The Morgan fingerprint density at radius 2 is 2.18 bits per heavy atom. The third-order valence-electron chi connectivity index (χ3n) is 2.91. The van der Waals surface area contributed by atoms with Crippen molar-refractivity contribution in [1.29, 1.82) is 5.26 Å². The van der Waals surface area contributed by atoms with E-state index in [0.29, 0.717) is 19.4 Å². The lowest BCUT2D eigenvalue weighted by Gasteiger charge is -2.21. The van der Waals surface area contributed by atoms with Gasteiger partial charge in [-0.3, -0.25) is 4.79 Å². The van der Waals surface area contributed by atoms with Gasteiger partial charge in [-0.15, -0.1) is 11.3 Å². The fourth-order valence-electron chi connectivity index (χ4n) is 1.56. The highest BCUT2D eigenvalue weighted by atomic mass is 79.9. The highest BCUT2D eigenvalue weighted by Crippen LogP contribution is 2.26. The summed E-state index contributed by atoms with van der Waals surface area (Å²) in [6, 6.07) is 6.05. The molecule has 0 aliphatic carbocycles. The zero-order valence-electron chi connectivity index (χ0n) is 9.92. The molecule has 17 heavy (non-hydrogen) atoms. The first-order valence-electron chi connectivity index (χ1n) is 5.51. The summed E-state index contributed by atoms with van der Waals surface area (Å²) in [7, 11) is 0. The minimum Gasteiger partial charge on any atom is -0.350 e. The van der Waals surface area contributed by atoms with Gasteiger partial charge < -0.3 is 5.32 Å². The van der Waals surface area contributed by atoms with Crippen molar-refractivity contribution in [3.8, 4) is 6.07 Å². The van der Waals surface area contributed by atoms with Crippen LogP contribution in [0.15, 0.2) is 15.9 Å². The minimum atomic E-state index is -0.880. The van der Waals surface area contributed by atoms with Crippen molar-refractivity contribution in [3.05, 3.63) is 20.8 Å². The second kappa shape index (κ2) is 6.18. The van der Waals surface area contributed by atoms with E-state index in [4.69, 9.17) is 5.26 Å². The molecule has 0 aromatic carbocycles. The largest absolute Gasteiger partial charge is 0.350 e. The van der Waals surface area contributed by atoms with Crippen LogP contribution in [0.1, 0.15) is 31.6 Å². The molecular formula is C12H15BrN2OS. The van der Waals surface area contributed by atoms with Crippen LogP contribution in [-0.2, 0) is 11.3 Å². The van der Waals surface area contributed by atoms with Gasteiger partial charge in [0.15, 0.2) is 0 Å². The molecule has 1 amide bonds. The van der Waals surface area contributed by atoms with E-state index in [9.17, 15) is 4.79 Å². The summed E-state index contributed by atoms with van der Waals surface area (Å²) in [6.07, 6.45) is 1.08. The summed E-state index contributed by atoms with van der Waals surface area (Å²) in [4.78, 5) is 13.1. The van der Waals surface area contributed by atoms with Crippen LogP contribution in [0.2, 0.25) is 0 Å². The third-order valence-corrected chi connectivity index (χ3v) is 4.53. The first-order valence-corrected chi connectivity index (χ1v) is 7.12.